The van der Waals surface area contributed by atoms with Crippen LogP contribution >= 0.6 is 0 Å². The van der Waals surface area contributed by atoms with Gasteiger partial charge < -0.3 is 10.1 Å². The van der Waals surface area contributed by atoms with Gasteiger partial charge in [0.2, 0.25) is 5.91 Å². The molecular weight excluding hydrogens is 262 g/mol. The van der Waals surface area contributed by atoms with Gasteiger partial charge in [0.25, 0.3) is 0 Å². The summed E-state index contributed by atoms with van der Waals surface area (Å²) in [6, 6.07) is 8.12. The van der Waals surface area contributed by atoms with Gasteiger partial charge >= 0.3 is 0 Å². The van der Waals surface area contributed by atoms with Gasteiger partial charge in [0, 0.05) is 12.5 Å². The van der Waals surface area contributed by atoms with Crippen LogP contribution in [-0.2, 0) is 11.2 Å². The summed E-state index contributed by atoms with van der Waals surface area (Å²) in [5, 5.41) is 3.07. The molecule has 0 radical (unpaired) electrons. The van der Waals surface area contributed by atoms with Crippen LogP contribution in [0, 0.1) is 5.41 Å². The molecule has 3 nitrogen and oxygen atoms in total. The number of methoxy groups -OCH3 is 1. The Morgan fingerprint density at radius 2 is 2.05 bits per heavy atom. The van der Waals surface area contributed by atoms with Gasteiger partial charge in [-0.25, -0.2) is 0 Å². The highest BCUT2D eigenvalue weighted by Crippen LogP contribution is 2.21. The lowest BCUT2D eigenvalue weighted by molar-refractivity contribution is -0.121. The number of hydrogen-bond acceptors (Lipinski definition) is 2. The summed E-state index contributed by atoms with van der Waals surface area (Å²) in [7, 11) is 1.67. The normalized spacial score (nSPS) is 12.8. The summed E-state index contributed by atoms with van der Waals surface area (Å²) in [6.45, 7) is 8.66. The largest absolute Gasteiger partial charge is 0.497 e. The average molecular weight is 291 g/mol. The van der Waals surface area contributed by atoms with E-state index in [1.165, 1.54) is 5.56 Å². The first-order valence-corrected chi connectivity index (χ1v) is 7.72. The Hall–Kier alpha value is -1.51. The summed E-state index contributed by atoms with van der Waals surface area (Å²) >= 11 is 0. The maximum atomic E-state index is 11.9. The van der Waals surface area contributed by atoms with Crippen molar-refractivity contribution in [2.24, 2.45) is 5.41 Å². The zero-order chi connectivity index (χ0) is 15.9. The van der Waals surface area contributed by atoms with Crippen LogP contribution in [0.4, 0.5) is 0 Å². The van der Waals surface area contributed by atoms with Gasteiger partial charge in [0.15, 0.2) is 0 Å². The first-order valence-electron chi connectivity index (χ1n) is 7.72. The van der Waals surface area contributed by atoms with Gasteiger partial charge in [-0.2, -0.15) is 0 Å². The van der Waals surface area contributed by atoms with Gasteiger partial charge in [-0.3, -0.25) is 4.79 Å². The lowest BCUT2D eigenvalue weighted by Gasteiger charge is -2.18. The van der Waals surface area contributed by atoms with Crippen molar-refractivity contribution in [2.75, 3.05) is 7.11 Å². The van der Waals surface area contributed by atoms with Crippen LogP contribution < -0.4 is 10.1 Å². The Morgan fingerprint density at radius 3 is 2.67 bits per heavy atom. The first-order chi connectivity index (χ1) is 9.80. The molecule has 0 fully saturated rings. The predicted molar refractivity (Wildman–Crippen MR) is 87.6 cm³/mol. The van der Waals surface area contributed by atoms with Gasteiger partial charge in [0.05, 0.1) is 7.11 Å². The highest BCUT2D eigenvalue weighted by molar-refractivity contribution is 5.76. The van der Waals surface area contributed by atoms with E-state index in [2.05, 4.69) is 32.2 Å². The first kappa shape index (κ1) is 17.5. The molecule has 0 bridgehead atoms. The molecule has 21 heavy (non-hydrogen) atoms. The summed E-state index contributed by atoms with van der Waals surface area (Å²) in [6.07, 6.45) is 3.45. The number of benzene rings is 1. The Balaban J connectivity index is 2.35. The maximum Gasteiger partial charge on any atom is 0.220 e. The van der Waals surface area contributed by atoms with Gasteiger partial charge in [-0.1, -0.05) is 32.9 Å². The highest BCUT2D eigenvalue weighted by Gasteiger charge is 2.12. The van der Waals surface area contributed by atoms with Crippen molar-refractivity contribution in [3.63, 3.8) is 0 Å². The topological polar surface area (TPSA) is 38.3 Å². The second-order valence-electron chi connectivity index (χ2n) is 6.94. The molecule has 1 N–H and O–H groups in total. The van der Waals surface area contributed by atoms with E-state index in [-0.39, 0.29) is 11.9 Å². The van der Waals surface area contributed by atoms with Crippen molar-refractivity contribution in [1.29, 1.82) is 0 Å². The minimum atomic E-state index is 0.138. The monoisotopic (exact) mass is 291 g/mol. The van der Waals surface area contributed by atoms with Crippen LogP contribution in [0.5, 0.6) is 5.75 Å². The van der Waals surface area contributed by atoms with Crippen molar-refractivity contribution in [1.82, 2.24) is 5.32 Å². The van der Waals surface area contributed by atoms with Crippen molar-refractivity contribution >= 4 is 5.91 Å². The molecule has 0 aromatic heterocycles. The molecular formula is C18H29NO2. The van der Waals surface area contributed by atoms with E-state index in [4.69, 9.17) is 4.74 Å². The van der Waals surface area contributed by atoms with E-state index in [0.29, 0.717) is 11.8 Å². The molecule has 1 aromatic carbocycles. The van der Waals surface area contributed by atoms with Gasteiger partial charge in [-0.05, 0) is 49.3 Å². The fourth-order valence-electron chi connectivity index (χ4n) is 2.33. The van der Waals surface area contributed by atoms with Crippen LogP contribution in [0.3, 0.4) is 0 Å². The molecule has 1 aromatic rings. The van der Waals surface area contributed by atoms with Crippen LogP contribution in [0.1, 0.15) is 52.5 Å². The number of rotatable bonds is 7. The zero-order valence-electron chi connectivity index (χ0n) is 14.0. The molecule has 0 saturated carbocycles. The highest BCUT2D eigenvalue weighted by atomic mass is 16.5. The second kappa shape index (κ2) is 8.06. The number of nitrogens with one attached hydrogen (secondary N) is 1. The van der Waals surface area contributed by atoms with Gasteiger partial charge in [-0.15, -0.1) is 0 Å². The number of hydrogen-bond donors (Lipinski definition) is 1. The Bertz CT molecular complexity index is 449. The molecule has 0 aliphatic carbocycles. The smallest absolute Gasteiger partial charge is 0.220 e. The zero-order valence-corrected chi connectivity index (χ0v) is 14.0. The van der Waals surface area contributed by atoms with Crippen LogP contribution in [-0.4, -0.2) is 19.1 Å². The van der Waals surface area contributed by atoms with Crippen LogP contribution in [0.15, 0.2) is 24.3 Å². The lowest BCUT2D eigenvalue weighted by atomic mass is 9.90. The quantitative estimate of drug-likeness (QED) is 0.826. The van der Waals surface area contributed by atoms with Gasteiger partial charge in [0.1, 0.15) is 5.75 Å². The second-order valence-corrected chi connectivity index (χ2v) is 6.94. The molecule has 1 rings (SSSR count). The summed E-state index contributed by atoms with van der Waals surface area (Å²) in [5.74, 6) is 1.01. The Labute approximate surface area is 129 Å². The van der Waals surface area contributed by atoms with Crippen LogP contribution in [0.2, 0.25) is 0 Å². The van der Waals surface area contributed by atoms with E-state index in [9.17, 15) is 4.79 Å². The number of ether oxygens (including phenoxy) is 1. The third-order valence-corrected chi connectivity index (χ3v) is 3.41. The SMILES string of the molecule is COc1cccc(CC(C)NC(=O)CCCC(C)(C)C)c1. The van der Waals surface area contributed by atoms with Crippen molar-refractivity contribution in [2.45, 2.75) is 59.4 Å². The molecule has 0 spiro atoms. The summed E-state index contributed by atoms with van der Waals surface area (Å²) in [5.41, 5.74) is 1.48. The molecule has 118 valence electrons. The van der Waals surface area contributed by atoms with E-state index >= 15 is 0 Å². The minimum Gasteiger partial charge on any atom is -0.497 e. The average Bonchev–Trinajstić information content (AvgIpc) is 2.37. The fraction of sp³-hybridized carbons (Fsp3) is 0.611. The molecule has 0 aliphatic rings. The Morgan fingerprint density at radius 1 is 1.33 bits per heavy atom. The number of carbonyl (C=O) groups is 1. The molecule has 1 amide bonds. The fourth-order valence-corrected chi connectivity index (χ4v) is 2.33. The molecule has 1 atom stereocenters. The molecule has 1 unspecified atom stereocenters. The van der Waals surface area contributed by atoms with E-state index in [0.717, 1.165) is 25.0 Å². The molecule has 0 heterocycles. The summed E-state index contributed by atoms with van der Waals surface area (Å²) < 4.78 is 5.22. The van der Waals surface area contributed by atoms with Crippen molar-refractivity contribution in [3.8, 4) is 5.75 Å². The minimum absolute atomic E-state index is 0.138. The number of carbonyl (C=O) groups excluding carboxylic acids is 1. The molecule has 3 heteroatoms. The Kier molecular flexibility index (Phi) is 6.73. The lowest BCUT2D eigenvalue weighted by Crippen LogP contribution is -2.34. The third-order valence-electron chi connectivity index (χ3n) is 3.41. The van der Waals surface area contributed by atoms with Crippen molar-refractivity contribution in [3.05, 3.63) is 29.8 Å². The number of amides is 1. The van der Waals surface area contributed by atoms with Crippen molar-refractivity contribution < 1.29 is 9.53 Å². The van der Waals surface area contributed by atoms with E-state index in [1.807, 2.05) is 25.1 Å². The predicted octanol–water partition coefficient (Wildman–Crippen LogP) is 3.96. The maximum absolute atomic E-state index is 11.9. The van der Waals surface area contributed by atoms with Crippen LogP contribution in [0.25, 0.3) is 0 Å². The third kappa shape index (κ3) is 7.74. The van der Waals surface area contributed by atoms with E-state index in [1.54, 1.807) is 7.11 Å². The summed E-state index contributed by atoms with van der Waals surface area (Å²) in [4.78, 5) is 11.9. The standard InChI is InChI=1S/C18H29NO2/c1-14(12-15-8-6-9-16(13-15)21-5)19-17(20)10-7-11-18(2,3)4/h6,8-9,13-14H,7,10-12H2,1-5H3,(H,19,20). The molecule has 0 aliphatic heterocycles. The molecule has 0 saturated heterocycles. The van der Waals surface area contributed by atoms with E-state index < -0.39 is 0 Å².